The molecule has 0 aliphatic heterocycles. The van der Waals surface area contributed by atoms with Gasteiger partial charge in [0, 0.05) is 40.3 Å². The second-order valence-electron chi connectivity index (χ2n) is 3.96. The quantitative estimate of drug-likeness (QED) is 0.718. The summed E-state index contributed by atoms with van der Waals surface area (Å²) in [6.07, 6.45) is 0. The standard InChI is InChI=1S/C11H22N4O/c1-10-8-11(14(2)13-10)9-15(5-4-12)6-7-16-3/h8H,4-7,9,12H2,1-3H3. The van der Waals surface area contributed by atoms with Crippen LogP contribution >= 0.6 is 0 Å². The molecule has 0 saturated heterocycles. The van der Waals surface area contributed by atoms with Crippen LogP contribution in [0.2, 0.25) is 0 Å². The number of aryl methyl sites for hydroxylation is 2. The van der Waals surface area contributed by atoms with Gasteiger partial charge in [0.25, 0.3) is 0 Å². The Balaban J connectivity index is 2.56. The molecule has 0 fully saturated rings. The second-order valence-corrected chi connectivity index (χ2v) is 3.96. The van der Waals surface area contributed by atoms with Crippen LogP contribution in [-0.2, 0) is 18.3 Å². The van der Waals surface area contributed by atoms with Gasteiger partial charge in [-0.25, -0.2) is 0 Å². The van der Waals surface area contributed by atoms with E-state index in [1.165, 1.54) is 5.69 Å². The van der Waals surface area contributed by atoms with Crippen molar-refractivity contribution in [2.75, 3.05) is 33.4 Å². The Kier molecular flexibility index (Phi) is 5.45. The first-order chi connectivity index (χ1) is 7.67. The summed E-state index contributed by atoms with van der Waals surface area (Å²) in [7, 11) is 3.69. The molecule has 0 aromatic carbocycles. The minimum absolute atomic E-state index is 0.667. The van der Waals surface area contributed by atoms with Crippen molar-refractivity contribution in [2.45, 2.75) is 13.5 Å². The highest BCUT2D eigenvalue weighted by molar-refractivity contribution is 5.08. The van der Waals surface area contributed by atoms with Crippen molar-refractivity contribution < 1.29 is 4.74 Å². The zero-order valence-electron chi connectivity index (χ0n) is 10.4. The fourth-order valence-corrected chi connectivity index (χ4v) is 1.71. The minimum atomic E-state index is 0.667. The Morgan fingerprint density at radius 3 is 2.75 bits per heavy atom. The van der Waals surface area contributed by atoms with Crippen molar-refractivity contribution in [1.82, 2.24) is 14.7 Å². The van der Waals surface area contributed by atoms with Gasteiger partial charge in [-0.1, -0.05) is 0 Å². The van der Waals surface area contributed by atoms with Gasteiger partial charge >= 0.3 is 0 Å². The Hall–Kier alpha value is -0.910. The summed E-state index contributed by atoms with van der Waals surface area (Å²) < 4.78 is 7.01. The van der Waals surface area contributed by atoms with Crippen molar-refractivity contribution in [3.8, 4) is 0 Å². The van der Waals surface area contributed by atoms with Gasteiger partial charge in [0.2, 0.25) is 0 Å². The van der Waals surface area contributed by atoms with E-state index >= 15 is 0 Å². The molecule has 1 aromatic rings. The zero-order chi connectivity index (χ0) is 12.0. The Bertz CT molecular complexity index is 311. The first-order valence-electron chi connectivity index (χ1n) is 5.58. The van der Waals surface area contributed by atoms with Gasteiger partial charge in [0.15, 0.2) is 0 Å². The van der Waals surface area contributed by atoms with E-state index in [0.717, 1.165) is 31.9 Å². The third-order valence-corrected chi connectivity index (χ3v) is 2.54. The normalized spacial score (nSPS) is 11.3. The molecule has 0 amide bonds. The number of nitrogens with zero attached hydrogens (tertiary/aromatic N) is 3. The summed E-state index contributed by atoms with van der Waals surface area (Å²) in [6.45, 7) is 6.06. The van der Waals surface area contributed by atoms with E-state index in [1.54, 1.807) is 7.11 Å². The molecule has 0 unspecified atom stereocenters. The largest absolute Gasteiger partial charge is 0.383 e. The molecule has 0 saturated carbocycles. The monoisotopic (exact) mass is 226 g/mol. The highest BCUT2D eigenvalue weighted by atomic mass is 16.5. The molecular weight excluding hydrogens is 204 g/mol. The average molecular weight is 226 g/mol. The lowest BCUT2D eigenvalue weighted by molar-refractivity contribution is 0.144. The fourth-order valence-electron chi connectivity index (χ4n) is 1.71. The number of hydrogen-bond donors (Lipinski definition) is 1. The van der Waals surface area contributed by atoms with Crippen molar-refractivity contribution in [1.29, 1.82) is 0 Å². The van der Waals surface area contributed by atoms with Gasteiger partial charge in [-0.2, -0.15) is 5.10 Å². The van der Waals surface area contributed by atoms with Crippen LogP contribution in [-0.4, -0.2) is 48.0 Å². The first kappa shape index (κ1) is 13.2. The number of rotatable bonds is 7. The third-order valence-electron chi connectivity index (χ3n) is 2.54. The summed E-state index contributed by atoms with van der Waals surface area (Å²) in [5.41, 5.74) is 7.86. The summed E-state index contributed by atoms with van der Waals surface area (Å²) in [4.78, 5) is 2.28. The molecular formula is C11H22N4O. The van der Waals surface area contributed by atoms with E-state index in [-0.39, 0.29) is 0 Å². The van der Waals surface area contributed by atoms with Crippen molar-refractivity contribution in [3.05, 3.63) is 17.5 Å². The third kappa shape index (κ3) is 3.92. The maximum absolute atomic E-state index is 5.59. The molecule has 0 aliphatic rings. The summed E-state index contributed by atoms with van der Waals surface area (Å²) in [6, 6.07) is 2.11. The van der Waals surface area contributed by atoms with Crippen LogP contribution < -0.4 is 5.73 Å². The zero-order valence-corrected chi connectivity index (χ0v) is 10.4. The molecule has 0 aliphatic carbocycles. The maximum atomic E-state index is 5.59. The topological polar surface area (TPSA) is 56.3 Å². The van der Waals surface area contributed by atoms with E-state index in [2.05, 4.69) is 16.1 Å². The van der Waals surface area contributed by atoms with Crippen molar-refractivity contribution in [3.63, 3.8) is 0 Å². The molecule has 2 N–H and O–H groups in total. The van der Waals surface area contributed by atoms with E-state index in [4.69, 9.17) is 10.5 Å². The average Bonchev–Trinajstić information content (AvgIpc) is 2.54. The van der Waals surface area contributed by atoms with Gasteiger partial charge in [0.05, 0.1) is 18.0 Å². The summed E-state index contributed by atoms with van der Waals surface area (Å²) >= 11 is 0. The summed E-state index contributed by atoms with van der Waals surface area (Å²) in [5, 5.41) is 4.33. The molecule has 0 radical (unpaired) electrons. The van der Waals surface area contributed by atoms with E-state index in [9.17, 15) is 0 Å². The lowest BCUT2D eigenvalue weighted by Crippen LogP contribution is -2.32. The van der Waals surface area contributed by atoms with Gasteiger partial charge < -0.3 is 10.5 Å². The van der Waals surface area contributed by atoms with E-state index in [1.807, 2.05) is 18.7 Å². The molecule has 1 aromatic heterocycles. The Labute approximate surface area is 97.2 Å². The Morgan fingerprint density at radius 1 is 1.50 bits per heavy atom. The fraction of sp³-hybridized carbons (Fsp3) is 0.727. The molecule has 92 valence electrons. The smallest absolute Gasteiger partial charge is 0.0597 e. The molecule has 5 nitrogen and oxygen atoms in total. The predicted molar refractivity (Wildman–Crippen MR) is 64.2 cm³/mol. The van der Waals surface area contributed by atoms with Gasteiger partial charge in [-0.05, 0) is 13.0 Å². The number of aromatic nitrogens is 2. The molecule has 0 spiro atoms. The van der Waals surface area contributed by atoms with Gasteiger partial charge in [-0.15, -0.1) is 0 Å². The highest BCUT2D eigenvalue weighted by Crippen LogP contribution is 2.05. The van der Waals surface area contributed by atoms with E-state index in [0.29, 0.717) is 6.54 Å². The number of ether oxygens (including phenoxy) is 1. The van der Waals surface area contributed by atoms with Crippen LogP contribution in [0.1, 0.15) is 11.4 Å². The van der Waals surface area contributed by atoms with Crippen LogP contribution in [0.4, 0.5) is 0 Å². The van der Waals surface area contributed by atoms with E-state index < -0.39 is 0 Å². The molecule has 1 heterocycles. The summed E-state index contributed by atoms with van der Waals surface area (Å²) in [5.74, 6) is 0. The van der Waals surface area contributed by atoms with Crippen molar-refractivity contribution >= 4 is 0 Å². The molecule has 5 heteroatoms. The maximum Gasteiger partial charge on any atom is 0.0597 e. The lowest BCUT2D eigenvalue weighted by Gasteiger charge is -2.20. The van der Waals surface area contributed by atoms with Crippen LogP contribution in [0, 0.1) is 6.92 Å². The lowest BCUT2D eigenvalue weighted by atomic mass is 10.3. The molecule has 0 bridgehead atoms. The molecule has 16 heavy (non-hydrogen) atoms. The van der Waals surface area contributed by atoms with Gasteiger partial charge in [0.1, 0.15) is 0 Å². The molecule has 0 atom stereocenters. The number of hydrogen-bond acceptors (Lipinski definition) is 4. The highest BCUT2D eigenvalue weighted by Gasteiger charge is 2.08. The predicted octanol–water partition coefficient (Wildman–Crippen LogP) is 0.136. The SMILES string of the molecule is COCCN(CCN)Cc1cc(C)nn1C. The van der Waals surface area contributed by atoms with Gasteiger partial charge in [-0.3, -0.25) is 9.58 Å². The molecule has 1 rings (SSSR count). The Morgan fingerprint density at radius 2 is 2.25 bits per heavy atom. The van der Waals surface area contributed by atoms with Crippen LogP contribution in [0.25, 0.3) is 0 Å². The van der Waals surface area contributed by atoms with Crippen LogP contribution in [0.3, 0.4) is 0 Å². The van der Waals surface area contributed by atoms with Crippen molar-refractivity contribution in [2.24, 2.45) is 12.8 Å². The number of nitrogens with two attached hydrogens (primary N) is 1. The minimum Gasteiger partial charge on any atom is -0.383 e. The van der Waals surface area contributed by atoms with Crippen LogP contribution in [0.15, 0.2) is 6.07 Å². The second kappa shape index (κ2) is 6.62. The first-order valence-corrected chi connectivity index (χ1v) is 5.58. The number of methoxy groups -OCH3 is 1. The van der Waals surface area contributed by atoms with Crippen LogP contribution in [0.5, 0.6) is 0 Å².